The van der Waals surface area contributed by atoms with Crippen LogP contribution in [0, 0.1) is 0 Å². The van der Waals surface area contributed by atoms with E-state index in [9.17, 15) is 9.59 Å². The van der Waals surface area contributed by atoms with Gasteiger partial charge in [-0.25, -0.2) is 15.0 Å². The Balaban J connectivity index is 1.29. The molecule has 2 aliphatic rings. The van der Waals surface area contributed by atoms with Crippen LogP contribution in [0.2, 0.25) is 0 Å². The third kappa shape index (κ3) is 5.58. The van der Waals surface area contributed by atoms with Crippen LogP contribution in [0.3, 0.4) is 0 Å². The maximum absolute atomic E-state index is 12.1. The van der Waals surface area contributed by atoms with Crippen molar-refractivity contribution in [1.82, 2.24) is 25.3 Å². The molecule has 2 aromatic heterocycles. The van der Waals surface area contributed by atoms with Crippen molar-refractivity contribution < 1.29 is 9.59 Å². The largest absolute Gasteiger partial charge is 0.368 e. The molecule has 5 rings (SSSR count). The van der Waals surface area contributed by atoms with Crippen molar-refractivity contribution in [2.24, 2.45) is 5.73 Å². The maximum atomic E-state index is 12.1. The van der Waals surface area contributed by atoms with E-state index in [0.29, 0.717) is 24.6 Å². The van der Waals surface area contributed by atoms with E-state index in [2.05, 4.69) is 20.5 Å². The number of nitrogens with zero attached hydrogens (tertiary/aromatic N) is 6. The van der Waals surface area contributed by atoms with Crippen molar-refractivity contribution in [3.8, 4) is 0 Å². The molecule has 0 bridgehead atoms. The summed E-state index contributed by atoms with van der Waals surface area (Å²) in [4.78, 5) is 46.1. The van der Waals surface area contributed by atoms with Gasteiger partial charge in [0.1, 0.15) is 5.82 Å². The summed E-state index contributed by atoms with van der Waals surface area (Å²) in [7, 11) is 3.89. The van der Waals surface area contributed by atoms with Crippen molar-refractivity contribution >= 4 is 41.3 Å². The molecule has 4 N–H and O–H groups in total. The van der Waals surface area contributed by atoms with E-state index in [1.165, 1.54) is 0 Å². The molecule has 192 valence electrons. The summed E-state index contributed by atoms with van der Waals surface area (Å²) in [5.74, 6) is 3.12. The highest BCUT2D eigenvalue weighted by Gasteiger charge is 2.25. The van der Waals surface area contributed by atoms with E-state index < -0.39 is 5.91 Å². The van der Waals surface area contributed by atoms with Crippen LogP contribution < -0.4 is 26.2 Å². The highest BCUT2D eigenvalue weighted by atomic mass is 32.2. The summed E-state index contributed by atoms with van der Waals surface area (Å²) < 4.78 is 0. The van der Waals surface area contributed by atoms with E-state index in [0.717, 1.165) is 64.3 Å². The Labute approximate surface area is 219 Å². The molecule has 12 heteroatoms. The second-order valence-electron chi connectivity index (χ2n) is 9.20. The number of anilines is 3. The van der Waals surface area contributed by atoms with Crippen molar-refractivity contribution in [2.75, 3.05) is 42.3 Å². The average Bonchev–Trinajstić information content (AvgIpc) is 3.39. The smallest absolute Gasteiger partial charge is 0.251 e. The van der Waals surface area contributed by atoms with Crippen LogP contribution in [-0.4, -0.2) is 58.9 Å². The SMILES string of the molecule is CN(C)c1ncc2c(n1)CCN(c1nc3c(c(NCc4ccc(C(=O)NCC(N)=O)cc4)n1)CSC3)C2. The molecule has 0 saturated carbocycles. The van der Waals surface area contributed by atoms with Gasteiger partial charge in [-0.1, -0.05) is 12.1 Å². The van der Waals surface area contributed by atoms with E-state index in [4.69, 9.17) is 20.7 Å². The van der Waals surface area contributed by atoms with Gasteiger partial charge in [0, 0.05) is 74.5 Å². The topological polar surface area (TPSA) is 142 Å². The Morgan fingerprint density at radius 1 is 1.11 bits per heavy atom. The second-order valence-corrected chi connectivity index (χ2v) is 10.2. The van der Waals surface area contributed by atoms with Crippen LogP contribution in [0.5, 0.6) is 0 Å². The van der Waals surface area contributed by atoms with Gasteiger partial charge in [-0.3, -0.25) is 9.59 Å². The molecule has 0 saturated heterocycles. The number of carbonyl (C=O) groups excluding carboxylic acids is 2. The van der Waals surface area contributed by atoms with Gasteiger partial charge in [-0.05, 0) is 17.7 Å². The molecular weight excluding hydrogens is 490 g/mol. The van der Waals surface area contributed by atoms with E-state index in [-0.39, 0.29) is 12.5 Å². The van der Waals surface area contributed by atoms with Crippen LogP contribution in [0.1, 0.15) is 38.4 Å². The van der Waals surface area contributed by atoms with Gasteiger partial charge in [-0.2, -0.15) is 16.7 Å². The van der Waals surface area contributed by atoms with Gasteiger partial charge in [0.25, 0.3) is 5.91 Å². The molecule has 3 aromatic rings. The number of benzene rings is 1. The minimum absolute atomic E-state index is 0.186. The molecular formula is C25H29N9O2S. The number of fused-ring (bicyclic) bond motifs is 2. The number of nitrogens with two attached hydrogens (primary N) is 1. The first-order valence-corrected chi connectivity index (χ1v) is 13.2. The Kier molecular flexibility index (Phi) is 7.08. The Hall–Kier alpha value is -3.93. The second kappa shape index (κ2) is 10.6. The molecule has 4 heterocycles. The summed E-state index contributed by atoms with van der Waals surface area (Å²) in [5.41, 5.74) is 11.0. The Morgan fingerprint density at radius 3 is 2.68 bits per heavy atom. The predicted molar refractivity (Wildman–Crippen MR) is 143 cm³/mol. The summed E-state index contributed by atoms with van der Waals surface area (Å²) in [6, 6.07) is 7.22. The molecule has 0 atom stereocenters. The summed E-state index contributed by atoms with van der Waals surface area (Å²) in [6.45, 7) is 1.84. The van der Waals surface area contributed by atoms with Crippen molar-refractivity contribution in [3.63, 3.8) is 0 Å². The molecule has 37 heavy (non-hydrogen) atoms. The van der Waals surface area contributed by atoms with Gasteiger partial charge in [0.05, 0.1) is 17.9 Å². The van der Waals surface area contributed by atoms with Crippen molar-refractivity contribution in [2.45, 2.75) is 31.0 Å². The Morgan fingerprint density at radius 2 is 1.92 bits per heavy atom. The molecule has 0 spiro atoms. The minimum Gasteiger partial charge on any atom is -0.368 e. The standard InChI is InChI=1S/C25H29N9O2S/c1-33(2)24-29-10-17-12-34(8-7-19(17)30-24)25-31-20-14-37-13-18(20)22(32-25)27-9-15-3-5-16(6-4-15)23(36)28-11-21(26)35/h3-6,10H,7-9,11-14H2,1-2H3,(H2,26,35)(H,28,36)(H,27,31,32). The number of amides is 2. The number of hydrogen-bond acceptors (Lipinski definition) is 10. The van der Waals surface area contributed by atoms with E-state index >= 15 is 0 Å². The lowest BCUT2D eigenvalue weighted by Crippen LogP contribution is -2.33. The number of nitrogens with one attached hydrogen (secondary N) is 2. The number of primary amides is 1. The van der Waals surface area contributed by atoms with Gasteiger partial charge in [0.2, 0.25) is 17.8 Å². The molecule has 2 amide bonds. The number of rotatable bonds is 8. The molecule has 0 fully saturated rings. The van der Waals surface area contributed by atoms with E-state index in [1.54, 1.807) is 12.1 Å². The molecule has 0 radical (unpaired) electrons. The number of aromatic nitrogens is 4. The molecule has 0 unspecified atom stereocenters. The lowest BCUT2D eigenvalue weighted by molar-refractivity contribution is -0.117. The van der Waals surface area contributed by atoms with Crippen LogP contribution in [0.15, 0.2) is 30.5 Å². The van der Waals surface area contributed by atoms with Gasteiger partial charge >= 0.3 is 0 Å². The fourth-order valence-electron chi connectivity index (χ4n) is 4.25. The van der Waals surface area contributed by atoms with Gasteiger partial charge < -0.3 is 26.2 Å². The number of hydrogen-bond donors (Lipinski definition) is 3. The zero-order chi connectivity index (χ0) is 25.9. The lowest BCUT2D eigenvalue weighted by Gasteiger charge is -2.29. The van der Waals surface area contributed by atoms with Crippen molar-refractivity contribution in [3.05, 3.63) is 64.1 Å². The molecule has 2 aliphatic heterocycles. The number of carbonyl (C=O) groups is 2. The monoisotopic (exact) mass is 519 g/mol. The third-order valence-electron chi connectivity index (χ3n) is 6.27. The van der Waals surface area contributed by atoms with Gasteiger partial charge in [-0.15, -0.1) is 0 Å². The highest BCUT2D eigenvalue weighted by molar-refractivity contribution is 7.98. The van der Waals surface area contributed by atoms with E-state index in [1.807, 2.05) is 49.1 Å². The zero-order valence-electron chi connectivity index (χ0n) is 20.8. The maximum Gasteiger partial charge on any atom is 0.251 e. The average molecular weight is 520 g/mol. The Bertz CT molecular complexity index is 1330. The quantitative estimate of drug-likeness (QED) is 0.400. The fourth-order valence-corrected chi connectivity index (χ4v) is 5.29. The zero-order valence-corrected chi connectivity index (χ0v) is 21.6. The molecule has 0 aliphatic carbocycles. The fraction of sp³-hybridized carbons (Fsp3) is 0.360. The summed E-state index contributed by atoms with van der Waals surface area (Å²) >= 11 is 1.84. The number of thioether (sulfide) groups is 1. The highest BCUT2D eigenvalue weighted by Crippen LogP contribution is 2.35. The lowest BCUT2D eigenvalue weighted by atomic mass is 10.1. The summed E-state index contributed by atoms with van der Waals surface area (Å²) in [6.07, 6.45) is 2.72. The van der Waals surface area contributed by atoms with Crippen molar-refractivity contribution in [1.29, 1.82) is 0 Å². The first-order chi connectivity index (χ1) is 17.9. The first kappa shape index (κ1) is 24.8. The minimum atomic E-state index is -0.579. The van der Waals surface area contributed by atoms with Crippen LogP contribution in [0.4, 0.5) is 17.7 Å². The third-order valence-corrected chi connectivity index (χ3v) is 7.24. The first-order valence-electron chi connectivity index (χ1n) is 12.0. The van der Waals surface area contributed by atoms with Crippen LogP contribution in [-0.2, 0) is 35.8 Å². The van der Waals surface area contributed by atoms with Gasteiger partial charge in [0.15, 0.2) is 0 Å². The summed E-state index contributed by atoms with van der Waals surface area (Å²) in [5, 5.41) is 5.98. The molecule has 11 nitrogen and oxygen atoms in total. The normalized spacial score (nSPS) is 14.1. The van der Waals surface area contributed by atoms with Crippen LogP contribution >= 0.6 is 11.8 Å². The molecule has 1 aromatic carbocycles. The predicted octanol–water partition coefficient (Wildman–Crippen LogP) is 1.47. The van der Waals surface area contributed by atoms with Crippen LogP contribution in [0.25, 0.3) is 0 Å².